The van der Waals surface area contributed by atoms with Gasteiger partial charge in [-0.25, -0.2) is 0 Å². The molecule has 3 unspecified atom stereocenters. The minimum Gasteiger partial charge on any atom is -0.381 e. The first kappa shape index (κ1) is 16.5. The maximum atomic E-state index is 6.19. The van der Waals surface area contributed by atoms with Crippen molar-refractivity contribution in [3.63, 3.8) is 0 Å². The molecule has 0 aromatic heterocycles. The monoisotopic (exact) mass is 291 g/mol. The van der Waals surface area contributed by atoms with Crippen molar-refractivity contribution in [3.8, 4) is 0 Å². The Balaban J connectivity index is 1.86. The Hall–Kier alpha value is -0.900. The molecular weight excluding hydrogens is 262 g/mol. The van der Waals surface area contributed by atoms with Crippen LogP contribution in [0.25, 0.3) is 0 Å². The van der Waals surface area contributed by atoms with Gasteiger partial charge in [0, 0.05) is 7.11 Å². The van der Waals surface area contributed by atoms with Gasteiger partial charge in [-0.2, -0.15) is 0 Å². The maximum absolute atomic E-state index is 6.19. The molecule has 0 heterocycles. The van der Waals surface area contributed by atoms with Crippen LogP contribution < -0.4 is 5.32 Å². The van der Waals surface area contributed by atoms with Crippen molar-refractivity contribution in [1.82, 2.24) is 5.32 Å². The van der Waals surface area contributed by atoms with Crippen molar-refractivity contribution in [3.05, 3.63) is 35.9 Å². The van der Waals surface area contributed by atoms with E-state index in [0.29, 0.717) is 12.2 Å². The first-order valence-corrected chi connectivity index (χ1v) is 8.26. The average Bonchev–Trinajstić information content (AvgIpc) is 2.56. The molecule has 3 heteroatoms. The summed E-state index contributed by atoms with van der Waals surface area (Å²) in [6, 6.07) is 10.9. The molecule has 1 aliphatic rings. The smallest absolute Gasteiger partial charge is 0.0665 e. The van der Waals surface area contributed by atoms with Crippen LogP contribution in [-0.2, 0) is 9.47 Å². The predicted octanol–water partition coefficient (Wildman–Crippen LogP) is 3.70. The molecule has 0 aliphatic heterocycles. The minimum atomic E-state index is 0.286. The van der Waals surface area contributed by atoms with E-state index >= 15 is 0 Å². The molecule has 3 nitrogen and oxygen atoms in total. The van der Waals surface area contributed by atoms with Crippen LogP contribution in [0, 0.1) is 0 Å². The summed E-state index contributed by atoms with van der Waals surface area (Å²) in [7, 11) is 1.81. The van der Waals surface area contributed by atoms with Crippen LogP contribution >= 0.6 is 0 Å². The minimum absolute atomic E-state index is 0.286. The third kappa shape index (κ3) is 5.42. The molecular formula is C18H29NO2. The zero-order valence-corrected chi connectivity index (χ0v) is 13.4. The van der Waals surface area contributed by atoms with E-state index in [-0.39, 0.29) is 6.04 Å². The zero-order valence-electron chi connectivity index (χ0n) is 13.4. The summed E-state index contributed by atoms with van der Waals surface area (Å²) in [5, 5.41) is 3.59. The highest BCUT2D eigenvalue weighted by Crippen LogP contribution is 2.24. The summed E-state index contributed by atoms with van der Waals surface area (Å²) in [6.45, 7) is 3.96. The summed E-state index contributed by atoms with van der Waals surface area (Å²) in [4.78, 5) is 0. The molecule has 0 amide bonds. The second kappa shape index (κ2) is 9.19. The Morgan fingerprint density at radius 3 is 2.67 bits per heavy atom. The van der Waals surface area contributed by atoms with Crippen LogP contribution in [0.3, 0.4) is 0 Å². The molecule has 0 saturated heterocycles. The molecule has 118 valence electrons. The lowest BCUT2D eigenvalue weighted by Gasteiger charge is -2.30. The number of benzene rings is 1. The quantitative estimate of drug-likeness (QED) is 0.792. The zero-order chi connectivity index (χ0) is 14.9. The first-order chi connectivity index (χ1) is 10.3. The van der Waals surface area contributed by atoms with Crippen molar-refractivity contribution >= 4 is 0 Å². The summed E-state index contributed by atoms with van der Waals surface area (Å²) in [5.74, 6) is 0. The molecule has 0 bridgehead atoms. The van der Waals surface area contributed by atoms with Crippen molar-refractivity contribution in [2.24, 2.45) is 0 Å². The molecule has 21 heavy (non-hydrogen) atoms. The van der Waals surface area contributed by atoms with E-state index in [0.717, 1.165) is 32.4 Å². The fourth-order valence-corrected chi connectivity index (χ4v) is 2.98. The van der Waals surface area contributed by atoms with Gasteiger partial charge in [0.2, 0.25) is 0 Å². The molecule has 2 rings (SSSR count). The molecule has 3 atom stereocenters. The van der Waals surface area contributed by atoms with E-state index in [1.54, 1.807) is 0 Å². The van der Waals surface area contributed by atoms with E-state index in [2.05, 4.69) is 42.6 Å². The lowest BCUT2D eigenvalue weighted by atomic mass is 9.95. The van der Waals surface area contributed by atoms with Gasteiger partial charge in [-0.1, -0.05) is 37.3 Å². The van der Waals surface area contributed by atoms with Gasteiger partial charge >= 0.3 is 0 Å². The summed E-state index contributed by atoms with van der Waals surface area (Å²) >= 11 is 0. The predicted molar refractivity (Wildman–Crippen MR) is 86.5 cm³/mol. The Morgan fingerprint density at radius 2 is 1.95 bits per heavy atom. The van der Waals surface area contributed by atoms with Gasteiger partial charge < -0.3 is 14.8 Å². The van der Waals surface area contributed by atoms with Crippen LogP contribution in [0.5, 0.6) is 0 Å². The van der Waals surface area contributed by atoms with Crippen LogP contribution in [0.15, 0.2) is 30.3 Å². The third-order valence-electron chi connectivity index (χ3n) is 4.25. The van der Waals surface area contributed by atoms with Gasteiger partial charge in [-0.3, -0.25) is 0 Å². The topological polar surface area (TPSA) is 30.5 Å². The van der Waals surface area contributed by atoms with Gasteiger partial charge in [-0.05, 0) is 44.2 Å². The SMILES string of the molecule is CCCNC(COC1CCCC(OC)C1)c1ccccc1. The molecule has 0 spiro atoms. The fraction of sp³-hybridized carbons (Fsp3) is 0.667. The van der Waals surface area contributed by atoms with Crippen LogP contribution in [0.1, 0.15) is 50.6 Å². The van der Waals surface area contributed by atoms with Crippen LogP contribution in [0.2, 0.25) is 0 Å². The van der Waals surface area contributed by atoms with Crippen molar-refractivity contribution in [2.45, 2.75) is 57.3 Å². The lowest BCUT2D eigenvalue weighted by molar-refractivity contribution is -0.0357. The molecule has 0 radical (unpaired) electrons. The summed E-state index contributed by atoms with van der Waals surface area (Å²) in [6.07, 6.45) is 6.44. The highest BCUT2D eigenvalue weighted by atomic mass is 16.5. The van der Waals surface area contributed by atoms with Gasteiger partial charge in [-0.15, -0.1) is 0 Å². The fourth-order valence-electron chi connectivity index (χ4n) is 2.98. The molecule has 1 saturated carbocycles. The van der Waals surface area contributed by atoms with E-state index in [4.69, 9.17) is 9.47 Å². The first-order valence-electron chi connectivity index (χ1n) is 8.26. The lowest BCUT2D eigenvalue weighted by Crippen LogP contribution is -2.32. The normalized spacial score (nSPS) is 23.9. The van der Waals surface area contributed by atoms with Crippen molar-refractivity contribution in [1.29, 1.82) is 0 Å². The van der Waals surface area contributed by atoms with Gasteiger partial charge in [0.25, 0.3) is 0 Å². The van der Waals surface area contributed by atoms with E-state index in [1.165, 1.54) is 18.4 Å². The van der Waals surface area contributed by atoms with E-state index in [9.17, 15) is 0 Å². The van der Waals surface area contributed by atoms with Gasteiger partial charge in [0.05, 0.1) is 24.9 Å². The highest BCUT2D eigenvalue weighted by Gasteiger charge is 2.23. The summed E-state index contributed by atoms with van der Waals surface area (Å²) < 4.78 is 11.7. The van der Waals surface area contributed by atoms with E-state index < -0.39 is 0 Å². The Labute approximate surface area is 129 Å². The number of ether oxygens (including phenoxy) is 2. The van der Waals surface area contributed by atoms with E-state index in [1.807, 2.05) is 7.11 Å². The maximum Gasteiger partial charge on any atom is 0.0665 e. The Bertz CT molecular complexity index is 382. The van der Waals surface area contributed by atoms with Crippen molar-refractivity contribution < 1.29 is 9.47 Å². The second-order valence-corrected chi connectivity index (χ2v) is 5.90. The third-order valence-corrected chi connectivity index (χ3v) is 4.25. The average molecular weight is 291 g/mol. The second-order valence-electron chi connectivity index (χ2n) is 5.90. The van der Waals surface area contributed by atoms with Crippen LogP contribution in [0.4, 0.5) is 0 Å². The largest absolute Gasteiger partial charge is 0.381 e. The highest BCUT2D eigenvalue weighted by molar-refractivity contribution is 5.18. The molecule has 1 aliphatic carbocycles. The van der Waals surface area contributed by atoms with Gasteiger partial charge in [0.1, 0.15) is 0 Å². The molecule has 1 fully saturated rings. The number of nitrogens with one attached hydrogen (secondary N) is 1. The molecule has 1 N–H and O–H groups in total. The number of rotatable bonds is 8. The molecule has 1 aromatic carbocycles. The van der Waals surface area contributed by atoms with Crippen LogP contribution in [-0.4, -0.2) is 32.5 Å². The van der Waals surface area contributed by atoms with Gasteiger partial charge in [0.15, 0.2) is 0 Å². The number of hydrogen-bond donors (Lipinski definition) is 1. The summed E-state index contributed by atoms with van der Waals surface area (Å²) in [5.41, 5.74) is 1.31. The Morgan fingerprint density at radius 1 is 1.19 bits per heavy atom. The number of methoxy groups -OCH3 is 1. The molecule has 1 aromatic rings. The number of hydrogen-bond acceptors (Lipinski definition) is 3. The standard InChI is InChI=1S/C18H29NO2/c1-3-12-19-18(15-8-5-4-6-9-15)14-21-17-11-7-10-16(13-17)20-2/h4-6,8-9,16-19H,3,7,10-14H2,1-2H3. The van der Waals surface area contributed by atoms with Crippen molar-refractivity contribution in [2.75, 3.05) is 20.3 Å². The Kier molecular flexibility index (Phi) is 7.20.